The molecule has 0 bridgehead atoms. The van der Waals surface area contributed by atoms with E-state index < -0.39 is 0 Å². The molecule has 0 aromatic heterocycles. The highest BCUT2D eigenvalue weighted by Crippen LogP contribution is 2.05. The fourth-order valence-electron chi connectivity index (χ4n) is 1.98. The van der Waals surface area contributed by atoms with Crippen molar-refractivity contribution >= 4 is 11.8 Å². The van der Waals surface area contributed by atoms with Crippen molar-refractivity contribution in [2.75, 3.05) is 33.7 Å². The number of hydrogen-bond acceptors (Lipinski definition) is 3. The van der Waals surface area contributed by atoms with Crippen molar-refractivity contribution in [3.63, 3.8) is 0 Å². The summed E-state index contributed by atoms with van der Waals surface area (Å²) in [7, 11) is 4.00. The number of carbonyl (C=O) groups is 2. The molecule has 1 aromatic rings. The quantitative estimate of drug-likeness (QED) is 0.685. The van der Waals surface area contributed by atoms with Gasteiger partial charge in [-0.2, -0.15) is 0 Å². The molecule has 0 heterocycles. The Hall–Kier alpha value is -1.88. The molecular weight excluding hydrogens is 278 g/mol. The number of benzene rings is 1. The van der Waals surface area contributed by atoms with Crippen LogP contribution < -0.4 is 10.6 Å². The predicted molar refractivity (Wildman–Crippen MR) is 89.2 cm³/mol. The number of nitrogens with zero attached hydrogens (tertiary/aromatic N) is 1. The Balaban J connectivity index is 2.52. The van der Waals surface area contributed by atoms with E-state index in [4.69, 9.17) is 0 Å². The van der Waals surface area contributed by atoms with Crippen molar-refractivity contribution in [1.29, 1.82) is 0 Å². The maximum Gasteiger partial charge on any atom is 0.251 e. The first-order valence-corrected chi connectivity index (χ1v) is 7.85. The lowest BCUT2D eigenvalue weighted by atomic mass is 10.1. The first-order chi connectivity index (χ1) is 10.5. The van der Waals surface area contributed by atoms with Gasteiger partial charge < -0.3 is 15.5 Å². The summed E-state index contributed by atoms with van der Waals surface area (Å²) in [6, 6.07) is 6.83. The molecule has 0 unspecified atom stereocenters. The van der Waals surface area contributed by atoms with Gasteiger partial charge in [-0.05, 0) is 51.7 Å². The number of unbranched alkanes of at least 4 members (excludes halogenated alkanes) is 1. The molecular formula is C17H27N3O2. The van der Waals surface area contributed by atoms with Gasteiger partial charge in [0.2, 0.25) is 0 Å². The van der Waals surface area contributed by atoms with E-state index in [1.807, 2.05) is 14.1 Å². The fraction of sp³-hybridized carbons (Fsp3) is 0.529. The summed E-state index contributed by atoms with van der Waals surface area (Å²) in [6.45, 7) is 4.30. The molecule has 5 heteroatoms. The summed E-state index contributed by atoms with van der Waals surface area (Å²) in [4.78, 5) is 26.1. The van der Waals surface area contributed by atoms with Crippen molar-refractivity contribution in [3.8, 4) is 0 Å². The van der Waals surface area contributed by atoms with Crippen LogP contribution in [0.3, 0.4) is 0 Å². The minimum Gasteiger partial charge on any atom is -0.352 e. The Morgan fingerprint density at radius 1 is 1.00 bits per heavy atom. The highest BCUT2D eigenvalue weighted by atomic mass is 16.2. The first kappa shape index (κ1) is 18.2. The van der Waals surface area contributed by atoms with Crippen molar-refractivity contribution in [2.24, 2.45) is 0 Å². The zero-order valence-corrected chi connectivity index (χ0v) is 13.8. The van der Waals surface area contributed by atoms with Gasteiger partial charge in [-0.3, -0.25) is 9.59 Å². The van der Waals surface area contributed by atoms with E-state index in [0.717, 1.165) is 25.8 Å². The van der Waals surface area contributed by atoms with Gasteiger partial charge in [-0.25, -0.2) is 0 Å². The molecule has 2 amide bonds. The summed E-state index contributed by atoms with van der Waals surface area (Å²) in [5.41, 5.74) is 1.05. The largest absolute Gasteiger partial charge is 0.352 e. The normalized spacial score (nSPS) is 10.5. The van der Waals surface area contributed by atoms with Crippen molar-refractivity contribution < 1.29 is 9.59 Å². The second-order valence-corrected chi connectivity index (χ2v) is 5.60. The van der Waals surface area contributed by atoms with Crippen LogP contribution in [-0.2, 0) is 0 Å². The van der Waals surface area contributed by atoms with E-state index in [0.29, 0.717) is 24.2 Å². The second kappa shape index (κ2) is 9.95. The molecule has 0 atom stereocenters. The van der Waals surface area contributed by atoms with E-state index in [9.17, 15) is 9.59 Å². The van der Waals surface area contributed by atoms with Gasteiger partial charge in [-0.15, -0.1) is 0 Å². The van der Waals surface area contributed by atoms with Gasteiger partial charge in [0, 0.05) is 24.2 Å². The van der Waals surface area contributed by atoms with Crippen LogP contribution in [0.1, 0.15) is 46.9 Å². The zero-order valence-electron chi connectivity index (χ0n) is 13.8. The average molecular weight is 305 g/mol. The van der Waals surface area contributed by atoms with Gasteiger partial charge in [0.25, 0.3) is 11.8 Å². The van der Waals surface area contributed by atoms with Gasteiger partial charge in [0.05, 0.1) is 0 Å². The minimum atomic E-state index is -0.137. The number of rotatable bonds is 9. The molecule has 0 aliphatic carbocycles. The maximum absolute atomic E-state index is 12.1. The third kappa shape index (κ3) is 6.72. The SMILES string of the molecule is CCCCNC(=O)c1cccc(C(=O)NCCCN(C)C)c1. The lowest BCUT2D eigenvalue weighted by Gasteiger charge is -2.10. The Bertz CT molecular complexity index is 487. The van der Waals surface area contributed by atoms with Crippen LogP contribution in [-0.4, -0.2) is 50.4 Å². The zero-order chi connectivity index (χ0) is 16.4. The second-order valence-electron chi connectivity index (χ2n) is 5.60. The highest BCUT2D eigenvalue weighted by molar-refractivity contribution is 5.99. The molecule has 122 valence electrons. The molecule has 0 fully saturated rings. The van der Waals surface area contributed by atoms with Gasteiger partial charge in [0.1, 0.15) is 0 Å². The van der Waals surface area contributed by atoms with E-state index in [1.54, 1.807) is 24.3 Å². The van der Waals surface area contributed by atoms with Gasteiger partial charge in [-0.1, -0.05) is 19.4 Å². The average Bonchev–Trinajstić information content (AvgIpc) is 2.51. The topological polar surface area (TPSA) is 61.4 Å². The molecule has 0 spiro atoms. The Morgan fingerprint density at radius 3 is 2.05 bits per heavy atom. The van der Waals surface area contributed by atoms with Crippen LogP contribution in [0.25, 0.3) is 0 Å². The van der Waals surface area contributed by atoms with Crippen LogP contribution in [0.5, 0.6) is 0 Å². The molecule has 0 saturated carbocycles. The summed E-state index contributed by atoms with van der Waals surface area (Å²) in [6.07, 6.45) is 2.89. The number of amides is 2. The monoisotopic (exact) mass is 305 g/mol. The minimum absolute atomic E-state index is 0.129. The molecule has 0 aliphatic rings. The van der Waals surface area contributed by atoms with Crippen molar-refractivity contribution in [1.82, 2.24) is 15.5 Å². The van der Waals surface area contributed by atoms with Crippen LogP contribution in [0.15, 0.2) is 24.3 Å². The number of hydrogen-bond donors (Lipinski definition) is 2. The summed E-state index contributed by atoms with van der Waals surface area (Å²) in [5.74, 6) is -0.266. The van der Waals surface area contributed by atoms with E-state index in [-0.39, 0.29) is 11.8 Å². The van der Waals surface area contributed by atoms with E-state index in [1.165, 1.54) is 0 Å². The molecule has 1 aromatic carbocycles. The molecule has 22 heavy (non-hydrogen) atoms. The third-order valence-corrected chi connectivity index (χ3v) is 3.27. The summed E-state index contributed by atoms with van der Waals surface area (Å²) < 4.78 is 0. The van der Waals surface area contributed by atoms with Gasteiger partial charge in [0.15, 0.2) is 0 Å². The lowest BCUT2D eigenvalue weighted by molar-refractivity contribution is 0.0952. The smallest absolute Gasteiger partial charge is 0.251 e. The van der Waals surface area contributed by atoms with Crippen LogP contribution in [0.2, 0.25) is 0 Å². The summed E-state index contributed by atoms with van der Waals surface area (Å²) in [5, 5.41) is 5.73. The molecule has 0 saturated heterocycles. The molecule has 0 radical (unpaired) electrons. The molecule has 2 N–H and O–H groups in total. The van der Waals surface area contributed by atoms with E-state index in [2.05, 4.69) is 22.5 Å². The first-order valence-electron chi connectivity index (χ1n) is 7.85. The highest BCUT2D eigenvalue weighted by Gasteiger charge is 2.09. The molecule has 0 aliphatic heterocycles. The summed E-state index contributed by atoms with van der Waals surface area (Å²) >= 11 is 0. The van der Waals surface area contributed by atoms with Crippen LogP contribution in [0.4, 0.5) is 0 Å². The lowest BCUT2D eigenvalue weighted by Crippen LogP contribution is -2.28. The molecule has 1 rings (SSSR count). The van der Waals surface area contributed by atoms with Crippen LogP contribution in [0, 0.1) is 0 Å². The number of nitrogens with one attached hydrogen (secondary N) is 2. The van der Waals surface area contributed by atoms with E-state index >= 15 is 0 Å². The maximum atomic E-state index is 12.1. The Kier molecular flexibility index (Phi) is 8.22. The third-order valence-electron chi connectivity index (χ3n) is 3.27. The van der Waals surface area contributed by atoms with Crippen molar-refractivity contribution in [2.45, 2.75) is 26.2 Å². The van der Waals surface area contributed by atoms with Gasteiger partial charge >= 0.3 is 0 Å². The Labute approximate surface area is 133 Å². The Morgan fingerprint density at radius 2 is 1.55 bits per heavy atom. The predicted octanol–water partition coefficient (Wildman–Crippen LogP) is 1.90. The fourth-order valence-corrected chi connectivity index (χ4v) is 1.98. The van der Waals surface area contributed by atoms with Crippen molar-refractivity contribution in [3.05, 3.63) is 35.4 Å². The van der Waals surface area contributed by atoms with Crippen LogP contribution >= 0.6 is 0 Å². The molecule has 5 nitrogen and oxygen atoms in total. The number of carbonyl (C=O) groups excluding carboxylic acids is 2. The standard InChI is InChI=1S/C17H27N3O2/c1-4-5-10-18-16(21)14-8-6-9-15(13-14)17(22)19-11-7-12-20(2)3/h6,8-9,13H,4-5,7,10-12H2,1-3H3,(H,18,21)(H,19,22).